The predicted octanol–water partition coefficient (Wildman–Crippen LogP) is 5.30. The molecule has 1 unspecified atom stereocenters. The number of hydrogen-bond donors (Lipinski definition) is 1. The number of hydrogen-bond acceptors (Lipinski definition) is 1. The van der Waals surface area contributed by atoms with E-state index in [4.69, 9.17) is 0 Å². The molecule has 0 saturated heterocycles. The molecule has 0 radical (unpaired) electrons. The lowest BCUT2D eigenvalue weighted by molar-refractivity contribution is 0.545. The summed E-state index contributed by atoms with van der Waals surface area (Å²) >= 11 is 3.56. The van der Waals surface area contributed by atoms with Crippen LogP contribution < -0.4 is 5.32 Å². The van der Waals surface area contributed by atoms with Crippen molar-refractivity contribution in [2.24, 2.45) is 0 Å². The van der Waals surface area contributed by atoms with Crippen LogP contribution in [-0.4, -0.2) is 6.54 Å². The topological polar surface area (TPSA) is 12.0 Å². The Balaban J connectivity index is 2.27. The molecule has 1 N–H and O–H groups in total. The van der Waals surface area contributed by atoms with Crippen molar-refractivity contribution in [2.75, 3.05) is 6.54 Å². The minimum atomic E-state index is 0.411. The molecule has 1 aliphatic carbocycles. The van der Waals surface area contributed by atoms with Gasteiger partial charge in [-0.25, -0.2) is 0 Å². The van der Waals surface area contributed by atoms with E-state index in [1.807, 2.05) is 0 Å². The van der Waals surface area contributed by atoms with Gasteiger partial charge in [0.05, 0.1) is 6.04 Å². The van der Waals surface area contributed by atoms with Gasteiger partial charge in [-0.1, -0.05) is 40.6 Å². The maximum atomic E-state index is 3.73. The summed E-state index contributed by atoms with van der Waals surface area (Å²) in [5.41, 5.74) is 4.39. The van der Waals surface area contributed by atoms with Gasteiger partial charge in [0.2, 0.25) is 0 Å². The van der Waals surface area contributed by atoms with Crippen LogP contribution >= 0.6 is 15.9 Å². The van der Waals surface area contributed by atoms with Gasteiger partial charge in [-0.15, -0.1) is 0 Å². The number of nitrogens with one attached hydrogen (secondary N) is 1. The van der Waals surface area contributed by atoms with Crippen molar-refractivity contribution in [3.63, 3.8) is 0 Å². The molecule has 1 atom stereocenters. The molecule has 1 aliphatic rings. The highest BCUT2D eigenvalue weighted by Crippen LogP contribution is 2.32. The first kappa shape index (κ1) is 14.8. The highest BCUT2D eigenvalue weighted by Gasteiger charge is 2.19. The van der Waals surface area contributed by atoms with Crippen molar-refractivity contribution in [1.82, 2.24) is 5.32 Å². The Labute approximate surface area is 125 Å². The summed E-state index contributed by atoms with van der Waals surface area (Å²) in [6.45, 7) is 5.52. The van der Waals surface area contributed by atoms with E-state index in [1.165, 1.54) is 47.7 Å². The zero-order chi connectivity index (χ0) is 13.7. The molecule has 0 aliphatic heterocycles. The van der Waals surface area contributed by atoms with Crippen LogP contribution in [0.15, 0.2) is 34.3 Å². The quantitative estimate of drug-likeness (QED) is 0.726. The molecule has 0 aromatic heterocycles. The maximum Gasteiger partial charge on any atom is 0.0538 e. The molecular formula is C17H24BrN. The second-order valence-corrected chi connectivity index (χ2v) is 6.33. The molecule has 0 spiro atoms. The standard InChI is InChI=1S/C17H24BrN/c1-3-11-19-17(14-7-5-4-6-8-14)16-10-9-15(18)12-13(16)2/h7,9-10,12,17,19H,3-6,8,11H2,1-2H3. The number of rotatable bonds is 5. The molecule has 0 saturated carbocycles. The highest BCUT2D eigenvalue weighted by atomic mass is 79.9. The van der Waals surface area contributed by atoms with Crippen LogP contribution in [-0.2, 0) is 0 Å². The monoisotopic (exact) mass is 321 g/mol. The predicted molar refractivity (Wildman–Crippen MR) is 86.5 cm³/mol. The SMILES string of the molecule is CCCNC(C1=CCCCC1)c1ccc(Br)cc1C. The number of halogens is 1. The molecule has 0 fully saturated rings. The number of allylic oxidation sites excluding steroid dienone is 1. The first-order chi connectivity index (χ1) is 9.22. The van der Waals surface area contributed by atoms with Gasteiger partial charge in [-0.3, -0.25) is 0 Å². The van der Waals surface area contributed by atoms with Gasteiger partial charge in [-0.2, -0.15) is 0 Å². The molecule has 0 bridgehead atoms. The van der Waals surface area contributed by atoms with Gasteiger partial charge >= 0.3 is 0 Å². The van der Waals surface area contributed by atoms with Gasteiger partial charge in [0.15, 0.2) is 0 Å². The molecule has 2 rings (SSSR count). The summed E-state index contributed by atoms with van der Waals surface area (Å²) in [5, 5.41) is 3.73. The molecule has 1 aromatic rings. The number of aryl methyl sites for hydroxylation is 1. The van der Waals surface area contributed by atoms with Crippen LogP contribution in [0.3, 0.4) is 0 Å². The molecule has 0 amide bonds. The highest BCUT2D eigenvalue weighted by molar-refractivity contribution is 9.10. The van der Waals surface area contributed by atoms with Crippen molar-refractivity contribution in [3.8, 4) is 0 Å². The van der Waals surface area contributed by atoms with Crippen molar-refractivity contribution < 1.29 is 0 Å². The minimum absolute atomic E-state index is 0.411. The Morgan fingerprint density at radius 3 is 2.79 bits per heavy atom. The van der Waals surface area contributed by atoms with Gasteiger partial charge in [0.1, 0.15) is 0 Å². The average Bonchev–Trinajstić information content (AvgIpc) is 2.42. The Morgan fingerprint density at radius 2 is 2.16 bits per heavy atom. The van der Waals surface area contributed by atoms with E-state index in [-0.39, 0.29) is 0 Å². The van der Waals surface area contributed by atoms with E-state index < -0.39 is 0 Å². The van der Waals surface area contributed by atoms with E-state index in [0.717, 1.165) is 6.54 Å². The molecule has 0 heterocycles. The lowest BCUT2D eigenvalue weighted by atomic mass is 9.88. The largest absolute Gasteiger partial charge is 0.307 e. The fourth-order valence-electron chi connectivity index (χ4n) is 2.82. The molecule has 104 valence electrons. The zero-order valence-electron chi connectivity index (χ0n) is 12.0. The van der Waals surface area contributed by atoms with Crippen LogP contribution in [0.1, 0.15) is 56.2 Å². The summed E-state index contributed by atoms with van der Waals surface area (Å²) in [7, 11) is 0. The third kappa shape index (κ3) is 3.93. The third-order valence-electron chi connectivity index (χ3n) is 3.84. The van der Waals surface area contributed by atoms with E-state index in [1.54, 1.807) is 5.57 Å². The zero-order valence-corrected chi connectivity index (χ0v) is 13.6. The van der Waals surface area contributed by atoms with Gasteiger partial charge in [-0.05, 0) is 68.8 Å². The van der Waals surface area contributed by atoms with Crippen molar-refractivity contribution in [3.05, 3.63) is 45.4 Å². The molecule has 1 nitrogen and oxygen atoms in total. The van der Waals surface area contributed by atoms with Gasteiger partial charge in [0, 0.05) is 4.47 Å². The van der Waals surface area contributed by atoms with Crippen LogP contribution in [0.25, 0.3) is 0 Å². The molecule has 2 heteroatoms. The second-order valence-electron chi connectivity index (χ2n) is 5.41. The van der Waals surface area contributed by atoms with E-state index in [9.17, 15) is 0 Å². The van der Waals surface area contributed by atoms with E-state index >= 15 is 0 Å². The van der Waals surface area contributed by atoms with Crippen molar-refractivity contribution in [2.45, 2.75) is 52.0 Å². The molecule has 19 heavy (non-hydrogen) atoms. The summed E-state index contributed by atoms with van der Waals surface area (Å²) in [4.78, 5) is 0. The smallest absolute Gasteiger partial charge is 0.0538 e. The van der Waals surface area contributed by atoms with E-state index in [0.29, 0.717) is 6.04 Å². The minimum Gasteiger partial charge on any atom is -0.307 e. The van der Waals surface area contributed by atoms with Gasteiger partial charge < -0.3 is 5.32 Å². The Morgan fingerprint density at radius 1 is 1.32 bits per heavy atom. The maximum absolute atomic E-state index is 3.73. The normalized spacial score (nSPS) is 17.1. The fourth-order valence-corrected chi connectivity index (χ4v) is 3.29. The Bertz CT molecular complexity index is 451. The Kier molecular flexibility index (Phi) is 5.65. The van der Waals surface area contributed by atoms with Crippen molar-refractivity contribution in [1.29, 1.82) is 0 Å². The summed E-state index contributed by atoms with van der Waals surface area (Å²) in [6, 6.07) is 7.06. The fraction of sp³-hybridized carbons (Fsp3) is 0.529. The van der Waals surface area contributed by atoms with E-state index in [2.05, 4.69) is 59.4 Å². The summed E-state index contributed by atoms with van der Waals surface area (Å²) < 4.78 is 1.17. The van der Waals surface area contributed by atoms with Crippen LogP contribution in [0.5, 0.6) is 0 Å². The molecule has 1 aromatic carbocycles. The summed E-state index contributed by atoms with van der Waals surface area (Å²) in [6.07, 6.45) is 8.82. The number of benzene rings is 1. The first-order valence-corrected chi connectivity index (χ1v) is 8.20. The third-order valence-corrected chi connectivity index (χ3v) is 4.33. The first-order valence-electron chi connectivity index (χ1n) is 7.40. The van der Waals surface area contributed by atoms with Crippen LogP contribution in [0, 0.1) is 6.92 Å². The van der Waals surface area contributed by atoms with Crippen LogP contribution in [0.2, 0.25) is 0 Å². The Hall–Kier alpha value is -0.600. The molecular weight excluding hydrogens is 298 g/mol. The average molecular weight is 322 g/mol. The van der Waals surface area contributed by atoms with Crippen LogP contribution in [0.4, 0.5) is 0 Å². The van der Waals surface area contributed by atoms with Crippen molar-refractivity contribution >= 4 is 15.9 Å². The summed E-state index contributed by atoms with van der Waals surface area (Å²) in [5.74, 6) is 0. The lowest BCUT2D eigenvalue weighted by Crippen LogP contribution is -2.25. The second kappa shape index (κ2) is 7.25. The van der Waals surface area contributed by atoms with Gasteiger partial charge in [0.25, 0.3) is 0 Å². The lowest BCUT2D eigenvalue weighted by Gasteiger charge is -2.26.